The topological polar surface area (TPSA) is 55.9 Å². The van der Waals surface area contributed by atoms with Gasteiger partial charge < -0.3 is 9.73 Å². The van der Waals surface area contributed by atoms with E-state index in [1.807, 2.05) is 12.3 Å². The predicted octanol–water partition coefficient (Wildman–Crippen LogP) is 1.85. The molecule has 0 bridgehead atoms. The molecule has 90 valence electrons. The van der Waals surface area contributed by atoms with Gasteiger partial charge in [-0.1, -0.05) is 6.92 Å². The highest BCUT2D eigenvalue weighted by atomic mass is 16.4. The zero-order chi connectivity index (χ0) is 11.7. The molecular formula is C12H16N4O. The molecule has 5 heteroatoms. The van der Waals surface area contributed by atoms with Crippen molar-refractivity contribution in [1.82, 2.24) is 20.1 Å². The largest absolute Gasteiger partial charge is 0.430 e. The lowest BCUT2D eigenvalue weighted by Crippen LogP contribution is -2.12. The maximum atomic E-state index is 5.41. The molecule has 0 atom stereocenters. The normalized spacial score (nSPS) is 15.4. The summed E-state index contributed by atoms with van der Waals surface area (Å²) in [5.74, 6) is 0.660. The molecule has 17 heavy (non-hydrogen) atoms. The Labute approximate surface area is 99.8 Å². The molecule has 1 aliphatic carbocycles. The van der Waals surface area contributed by atoms with Crippen LogP contribution in [0.15, 0.2) is 22.9 Å². The number of hydrogen-bond donors (Lipinski definition) is 1. The van der Waals surface area contributed by atoms with E-state index in [4.69, 9.17) is 4.42 Å². The highest BCUT2D eigenvalue weighted by Gasteiger charge is 2.26. The lowest BCUT2D eigenvalue weighted by Gasteiger charge is -1.94. The van der Waals surface area contributed by atoms with Crippen molar-refractivity contribution in [3.8, 4) is 6.01 Å². The Balaban J connectivity index is 1.75. The van der Waals surface area contributed by atoms with E-state index < -0.39 is 0 Å². The molecule has 0 aliphatic heterocycles. The minimum Gasteiger partial charge on any atom is -0.430 e. The van der Waals surface area contributed by atoms with Crippen molar-refractivity contribution in [2.24, 2.45) is 0 Å². The molecule has 0 saturated heterocycles. The van der Waals surface area contributed by atoms with Gasteiger partial charge in [-0.05, 0) is 25.5 Å². The Morgan fingerprint density at radius 1 is 1.53 bits per heavy atom. The van der Waals surface area contributed by atoms with E-state index in [0.717, 1.165) is 24.5 Å². The average Bonchev–Trinajstić information content (AvgIpc) is 2.92. The Morgan fingerprint density at radius 2 is 2.41 bits per heavy atom. The first kappa shape index (κ1) is 10.5. The van der Waals surface area contributed by atoms with Crippen molar-refractivity contribution in [3.63, 3.8) is 0 Å². The average molecular weight is 232 g/mol. The third-order valence-corrected chi connectivity index (χ3v) is 2.90. The molecule has 2 aromatic rings. The van der Waals surface area contributed by atoms with Gasteiger partial charge in [-0.15, -0.1) is 0 Å². The van der Waals surface area contributed by atoms with Gasteiger partial charge >= 0.3 is 6.01 Å². The van der Waals surface area contributed by atoms with Crippen LogP contribution in [0.3, 0.4) is 0 Å². The number of hydrogen-bond acceptors (Lipinski definition) is 4. The van der Waals surface area contributed by atoms with Crippen molar-refractivity contribution in [2.75, 3.05) is 6.54 Å². The quantitative estimate of drug-likeness (QED) is 0.854. The second kappa shape index (κ2) is 4.33. The van der Waals surface area contributed by atoms with Crippen LogP contribution in [0.5, 0.6) is 0 Å². The molecule has 1 N–H and O–H groups in total. The van der Waals surface area contributed by atoms with E-state index in [9.17, 15) is 0 Å². The summed E-state index contributed by atoms with van der Waals surface area (Å²) < 4.78 is 7.12. The summed E-state index contributed by atoms with van der Waals surface area (Å²) in [5, 5.41) is 7.69. The molecule has 1 saturated carbocycles. The SMILES string of the molecule is CCNCc1coc(-n2ccc(C3CC3)n2)n1. The summed E-state index contributed by atoms with van der Waals surface area (Å²) in [5.41, 5.74) is 2.06. The van der Waals surface area contributed by atoms with Gasteiger partial charge in [-0.25, -0.2) is 0 Å². The fourth-order valence-corrected chi connectivity index (χ4v) is 1.78. The molecular weight excluding hydrogens is 216 g/mol. The second-order valence-electron chi connectivity index (χ2n) is 4.36. The van der Waals surface area contributed by atoms with Crippen LogP contribution in [-0.2, 0) is 6.54 Å². The highest BCUT2D eigenvalue weighted by Crippen LogP contribution is 2.38. The molecule has 0 aromatic carbocycles. The van der Waals surface area contributed by atoms with E-state index in [0.29, 0.717) is 11.9 Å². The maximum Gasteiger partial charge on any atom is 0.322 e. The summed E-state index contributed by atoms with van der Waals surface area (Å²) in [6.45, 7) is 3.73. The first-order chi connectivity index (χ1) is 8.36. The van der Waals surface area contributed by atoms with E-state index in [1.165, 1.54) is 12.8 Å². The first-order valence-electron chi connectivity index (χ1n) is 6.08. The van der Waals surface area contributed by atoms with Crippen molar-refractivity contribution >= 4 is 0 Å². The molecule has 0 spiro atoms. The van der Waals surface area contributed by atoms with Gasteiger partial charge in [0.15, 0.2) is 0 Å². The molecule has 2 aromatic heterocycles. The second-order valence-corrected chi connectivity index (χ2v) is 4.36. The first-order valence-corrected chi connectivity index (χ1v) is 6.08. The summed E-state index contributed by atoms with van der Waals surface area (Å²) in [7, 11) is 0. The van der Waals surface area contributed by atoms with Crippen LogP contribution in [0, 0.1) is 0 Å². The number of oxazole rings is 1. The van der Waals surface area contributed by atoms with Gasteiger partial charge in [0.2, 0.25) is 0 Å². The van der Waals surface area contributed by atoms with Crippen LogP contribution in [0.2, 0.25) is 0 Å². The maximum absolute atomic E-state index is 5.41. The zero-order valence-electron chi connectivity index (χ0n) is 9.89. The van der Waals surface area contributed by atoms with E-state index in [2.05, 4.69) is 22.3 Å². The number of aromatic nitrogens is 3. The molecule has 0 amide bonds. The Bertz CT molecular complexity index is 498. The van der Waals surface area contributed by atoms with Gasteiger partial charge in [-0.2, -0.15) is 14.8 Å². The van der Waals surface area contributed by atoms with Gasteiger partial charge in [0, 0.05) is 18.7 Å². The minimum absolute atomic E-state index is 0.546. The van der Waals surface area contributed by atoms with Crippen molar-refractivity contribution in [1.29, 1.82) is 0 Å². The predicted molar refractivity (Wildman–Crippen MR) is 63.0 cm³/mol. The molecule has 3 rings (SSSR count). The molecule has 2 heterocycles. The molecule has 0 radical (unpaired) electrons. The lowest BCUT2D eigenvalue weighted by atomic mass is 10.3. The molecule has 1 fully saturated rings. The van der Waals surface area contributed by atoms with Gasteiger partial charge in [0.05, 0.1) is 11.4 Å². The van der Waals surface area contributed by atoms with Crippen LogP contribution in [-0.4, -0.2) is 21.3 Å². The molecule has 0 unspecified atom stereocenters. The third-order valence-electron chi connectivity index (χ3n) is 2.90. The third kappa shape index (κ3) is 2.24. The van der Waals surface area contributed by atoms with E-state index in [1.54, 1.807) is 10.9 Å². The summed E-state index contributed by atoms with van der Waals surface area (Å²) in [6.07, 6.45) is 6.11. The number of nitrogens with one attached hydrogen (secondary N) is 1. The van der Waals surface area contributed by atoms with Crippen LogP contribution in [0.25, 0.3) is 6.01 Å². The molecule has 5 nitrogen and oxygen atoms in total. The summed E-state index contributed by atoms with van der Waals surface area (Å²) >= 11 is 0. The van der Waals surface area contributed by atoms with Gasteiger partial charge in [-0.3, -0.25) is 0 Å². The van der Waals surface area contributed by atoms with Crippen molar-refractivity contribution in [2.45, 2.75) is 32.2 Å². The minimum atomic E-state index is 0.546. The monoisotopic (exact) mass is 232 g/mol. The van der Waals surface area contributed by atoms with Gasteiger partial charge in [0.1, 0.15) is 6.26 Å². The highest BCUT2D eigenvalue weighted by molar-refractivity contribution is 5.17. The Hall–Kier alpha value is -1.62. The number of rotatable bonds is 5. The van der Waals surface area contributed by atoms with Crippen molar-refractivity contribution < 1.29 is 4.42 Å². The zero-order valence-corrected chi connectivity index (χ0v) is 9.89. The summed E-state index contributed by atoms with van der Waals surface area (Å²) in [6, 6.07) is 2.59. The van der Waals surface area contributed by atoms with Crippen molar-refractivity contribution in [3.05, 3.63) is 29.9 Å². The smallest absolute Gasteiger partial charge is 0.322 e. The molecule has 1 aliphatic rings. The Morgan fingerprint density at radius 3 is 3.18 bits per heavy atom. The number of nitrogens with zero attached hydrogens (tertiary/aromatic N) is 3. The van der Waals surface area contributed by atoms with Crippen LogP contribution >= 0.6 is 0 Å². The van der Waals surface area contributed by atoms with Crippen LogP contribution in [0.1, 0.15) is 37.1 Å². The van der Waals surface area contributed by atoms with Gasteiger partial charge in [0.25, 0.3) is 0 Å². The van der Waals surface area contributed by atoms with E-state index in [-0.39, 0.29) is 0 Å². The fraction of sp³-hybridized carbons (Fsp3) is 0.500. The summed E-state index contributed by atoms with van der Waals surface area (Å²) in [4.78, 5) is 4.38. The Kier molecular flexibility index (Phi) is 2.68. The van der Waals surface area contributed by atoms with Crippen LogP contribution in [0.4, 0.5) is 0 Å². The van der Waals surface area contributed by atoms with E-state index >= 15 is 0 Å². The standard InChI is InChI=1S/C12H16N4O/c1-2-13-7-10-8-17-12(14-10)16-6-5-11(15-16)9-3-4-9/h5-6,8-9,13H,2-4,7H2,1H3. The van der Waals surface area contributed by atoms with Crippen LogP contribution < -0.4 is 5.32 Å². The fourth-order valence-electron chi connectivity index (χ4n) is 1.78. The lowest BCUT2D eigenvalue weighted by molar-refractivity contribution is 0.507.